The molecule has 6 heteroatoms. The number of aromatic nitrogens is 4. The molecule has 4 nitrogen and oxygen atoms in total. The minimum atomic E-state index is -0.240. The van der Waals surface area contributed by atoms with Crippen molar-refractivity contribution >= 4 is 22.6 Å². The normalized spacial score (nSPS) is 11.4. The Kier molecular flexibility index (Phi) is 3.68. The third kappa shape index (κ3) is 2.65. The summed E-state index contributed by atoms with van der Waals surface area (Å²) in [5.74, 6) is 0.810. The van der Waals surface area contributed by atoms with E-state index in [1.165, 1.54) is 6.07 Å². The van der Waals surface area contributed by atoms with Gasteiger partial charge in [-0.15, -0.1) is 11.6 Å². The van der Waals surface area contributed by atoms with Crippen molar-refractivity contribution in [3.63, 3.8) is 0 Å². The van der Waals surface area contributed by atoms with E-state index < -0.39 is 0 Å². The van der Waals surface area contributed by atoms with Crippen molar-refractivity contribution in [1.29, 1.82) is 0 Å². The Labute approximate surface area is 127 Å². The topological polar surface area (TPSA) is 35.6 Å². The van der Waals surface area contributed by atoms with Crippen LogP contribution in [0.4, 0.5) is 4.39 Å². The molecule has 3 rings (SSSR count). The van der Waals surface area contributed by atoms with Crippen LogP contribution in [0.15, 0.2) is 24.5 Å². The summed E-state index contributed by atoms with van der Waals surface area (Å²) in [5, 5.41) is 4.27. The highest BCUT2D eigenvalue weighted by molar-refractivity contribution is 6.16. The number of imidazole rings is 1. The van der Waals surface area contributed by atoms with Gasteiger partial charge in [-0.1, -0.05) is 0 Å². The fourth-order valence-corrected chi connectivity index (χ4v) is 2.65. The molecule has 0 atom stereocenters. The van der Waals surface area contributed by atoms with Crippen molar-refractivity contribution in [2.45, 2.75) is 32.8 Å². The fraction of sp³-hybridized carbons (Fsp3) is 0.333. The average molecular weight is 307 g/mol. The van der Waals surface area contributed by atoms with E-state index in [1.54, 1.807) is 6.92 Å². The molecule has 1 aromatic carbocycles. The Morgan fingerprint density at radius 2 is 2.05 bits per heavy atom. The van der Waals surface area contributed by atoms with Crippen molar-refractivity contribution in [1.82, 2.24) is 19.3 Å². The molecule has 0 aliphatic heterocycles. The van der Waals surface area contributed by atoms with Crippen molar-refractivity contribution < 1.29 is 4.39 Å². The molecule has 0 spiro atoms. The molecule has 0 aliphatic rings. The van der Waals surface area contributed by atoms with Gasteiger partial charge < -0.3 is 4.57 Å². The van der Waals surface area contributed by atoms with Crippen LogP contribution < -0.4 is 0 Å². The molecule has 0 aliphatic carbocycles. The van der Waals surface area contributed by atoms with Gasteiger partial charge in [-0.2, -0.15) is 5.10 Å². The van der Waals surface area contributed by atoms with Gasteiger partial charge in [0.15, 0.2) is 0 Å². The summed E-state index contributed by atoms with van der Waals surface area (Å²) < 4.78 is 17.6. The summed E-state index contributed by atoms with van der Waals surface area (Å²) in [5.41, 5.74) is 3.29. The number of benzene rings is 1. The third-order valence-corrected chi connectivity index (χ3v) is 3.78. The fourth-order valence-electron chi connectivity index (χ4n) is 2.44. The molecule has 0 unspecified atom stereocenters. The van der Waals surface area contributed by atoms with E-state index in [2.05, 4.69) is 10.1 Å². The van der Waals surface area contributed by atoms with Crippen LogP contribution in [0.2, 0.25) is 0 Å². The molecular formula is C15H16ClFN4. The molecule has 110 valence electrons. The van der Waals surface area contributed by atoms with Crippen molar-refractivity contribution in [3.05, 3.63) is 47.3 Å². The van der Waals surface area contributed by atoms with E-state index in [0.717, 1.165) is 23.4 Å². The van der Waals surface area contributed by atoms with Gasteiger partial charge in [-0.25, -0.2) is 9.37 Å². The number of alkyl halides is 1. The van der Waals surface area contributed by atoms with Gasteiger partial charge in [0.2, 0.25) is 0 Å². The van der Waals surface area contributed by atoms with Crippen LogP contribution in [0.5, 0.6) is 0 Å². The highest BCUT2D eigenvalue weighted by atomic mass is 35.5. The van der Waals surface area contributed by atoms with Gasteiger partial charge >= 0.3 is 0 Å². The molecule has 0 radical (unpaired) electrons. The summed E-state index contributed by atoms with van der Waals surface area (Å²) in [6.45, 7) is 5.18. The lowest BCUT2D eigenvalue weighted by Gasteiger charge is -2.08. The molecule has 0 bridgehead atoms. The Bertz CT molecular complexity index is 790. The number of halogens is 2. The first-order valence-electron chi connectivity index (χ1n) is 6.79. The predicted octanol–water partition coefficient (Wildman–Crippen LogP) is 3.43. The summed E-state index contributed by atoms with van der Waals surface area (Å²) in [6, 6.07) is 3.29. The number of hydrogen-bond donors (Lipinski definition) is 0. The van der Waals surface area contributed by atoms with E-state index in [1.807, 2.05) is 34.6 Å². The van der Waals surface area contributed by atoms with E-state index >= 15 is 0 Å². The average Bonchev–Trinajstić information content (AvgIpc) is 3.01. The Balaban J connectivity index is 1.97. The molecule has 0 N–H and O–H groups in total. The first-order chi connectivity index (χ1) is 10.1. The Hall–Kier alpha value is -1.88. The number of aryl methyl sites for hydroxylation is 4. The van der Waals surface area contributed by atoms with E-state index in [9.17, 15) is 4.39 Å². The van der Waals surface area contributed by atoms with Crippen LogP contribution in [0.1, 0.15) is 17.0 Å². The second-order valence-electron chi connectivity index (χ2n) is 5.18. The van der Waals surface area contributed by atoms with E-state index in [4.69, 9.17) is 11.6 Å². The quantitative estimate of drug-likeness (QED) is 0.692. The van der Waals surface area contributed by atoms with E-state index in [-0.39, 0.29) is 5.82 Å². The number of rotatable bonds is 4. The van der Waals surface area contributed by atoms with Crippen molar-refractivity contribution in [2.75, 3.05) is 0 Å². The van der Waals surface area contributed by atoms with Crippen molar-refractivity contribution in [2.24, 2.45) is 0 Å². The standard InChI is InChI=1S/C15H16ClFN4/c1-10-8-18-20(9-10)3-4-21-14-5-11(2)12(17)6-13(14)19-15(21)7-16/h5-6,8-9H,3-4,7H2,1-2H3. The molecule has 2 aromatic heterocycles. The van der Waals surface area contributed by atoms with Crippen LogP contribution in [0.3, 0.4) is 0 Å². The van der Waals surface area contributed by atoms with Crippen LogP contribution in [0.25, 0.3) is 11.0 Å². The van der Waals surface area contributed by atoms with Gasteiger partial charge in [0, 0.05) is 18.8 Å². The zero-order valence-electron chi connectivity index (χ0n) is 12.0. The SMILES string of the molecule is Cc1cnn(CCn2c(CCl)nc3cc(F)c(C)cc32)c1. The maximum atomic E-state index is 13.7. The summed E-state index contributed by atoms with van der Waals surface area (Å²) in [6.07, 6.45) is 3.82. The van der Waals surface area contributed by atoms with Crippen molar-refractivity contribution in [3.8, 4) is 0 Å². The van der Waals surface area contributed by atoms with Crippen LogP contribution >= 0.6 is 11.6 Å². The minimum absolute atomic E-state index is 0.240. The Morgan fingerprint density at radius 3 is 2.71 bits per heavy atom. The zero-order chi connectivity index (χ0) is 15.0. The molecule has 2 heterocycles. The number of hydrogen-bond acceptors (Lipinski definition) is 2. The summed E-state index contributed by atoms with van der Waals surface area (Å²) in [4.78, 5) is 4.41. The number of nitrogens with zero attached hydrogens (tertiary/aromatic N) is 4. The smallest absolute Gasteiger partial charge is 0.128 e. The summed E-state index contributed by atoms with van der Waals surface area (Å²) >= 11 is 5.97. The monoisotopic (exact) mass is 306 g/mol. The second kappa shape index (κ2) is 5.48. The minimum Gasteiger partial charge on any atom is -0.325 e. The number of fused-ring (bicyclic) bond motifs is 1. The van der Waals surface area contributed by atoms with E-state index in [0.29, 0.717) is 23.5 Å². The summed E-state index contributed by atoms with van der Waals surface area (Å²) in [7, 11) is 0. The molecule has 3 aromatic rings. The van der Waals surface area contributed by atoms with Crippen LogP contribution in [-0.4, -0.2) is 19.3 Å². The first kappa shape index (κ1) is 14.1. The van der Waals surface area contributed by atoms with Gasteiger partial charge in [-0.05, 0) is 31.0 Å². The second-order valence-corrected chi connectivity index (χ2v) is 5.45. The molecule has 0 fully saturated rings. The lowest BCUT2D eigenvalue weighted by molar-refractivity contribution is 0.532. The third-order valence-electron chi connectivity index (χ3n) is 3.54. The molecular weight excluding hydrogens is 291 g/mol. The van der Waals surface area contributed by atoms with Gasteiger partial charge in [-0.3, -0.25) is 4.68 Å². The first-order valence-corrected chi connectivity index (χ1v) is 7.32. The van der Waals surface area contributed by atoms with Gasteiger partial charge in [0.05, 0.1) is 29.7 Å². The van der Waals surface area contributed by atoms with Gasteiger partial charge in [0.25, 0.3) is 0 Å². The largest absolute Gasteiger partial charge is 0.325 e. The van der Waals surface area contributed by atoms with Crippen LogP contribution in [-0.2, 0) is 19.0 Å². The molecule has 0 amide bonds. The molecule has 21 heavy (non-hydrogen) atoms. The molecule has 0 saturated heterocycles. The predicted molar refractivity (Wildman–Crippen MR) is 80.9 cm³/mol. The lowest BCUT2D eigenvalue weighted by Crippen LogP contribution is -2.10. The van der Waals surface area contributed by atoms with Crippen LogP contribution in [0, 0.1) is 19.7 Å². The highest BCUT2D eigenvalue weighted by Gasteiger charge is 2.12. The molecule has 0 saturated carbocycles. The maximum Gasteiger partial charge on any atom is 0.128 e. The maximum absolute atomic E-state index is 13.7. The Morgan fingerprint density at radius 1 is 1.24 bits per heavy atom. The highest BCUT2D eigenvalue weighted by Crippen LogP contribution is 2.21. The zero-order valence-corrected chi connectivity index (χ0v) is 12.7. The lowest BCUT2D eigenvalue weighted by atomic mass is 10.2. The van der Waals surface area contributed by atoms with Gasteiger partial charge in [0.1, 0.15) is 11.6 Å².